The van der Waals surface area contributed by atoms with E-state index in [1.807, 2.05) is 36.3 Å². The molecule has 1 fully saturated rings. The predicted molar refractivity (Wildman–Crippen MR) is 95.6 cm³/mol. The third-order valence-electron chi connectivity index (χ3n) is 5.02. The van der Waals surface area contributed by atoms with Crippen LogP contribution < -0.4 is 0 Å². The number of aliphatic hydroxyl groups excluding tert-OH is 1. The van der Waals surface area contributed by atoms with Crippen LogP contribution in [-0.2, 0) is 11.2 Å². The Bertz CT molecular complexity index is 762. The molecule has 0 aromatic carbocycles. The van der Waals surface area contributed by atoms with Crippen LogP contribution in [0.25, 0.3) is 5.65 Å². The van der Waals surface area contributed by atoms with E-state index in [9.17, 15) is 4.79 Å². The first-order valence-electron chi connectivity index (χ1n) is 8.93. The second-order valence-corrected chi connectivity index (χ2v) is 6.76. The molecule has 2 aromatic rings. The van der Waals surface area contributed by atoms with Gasteiger partial charge in [-0.05, 0) is 32.8 Å². The zero-order valence-corrected chi connectivity index (χ0v) is 15.3. The molecule has 0 radical (unpaired) electrons. The van der Waals surface area contributed by atoms with Crippen LogP contribution >= 0.6 is 0 Å². The zero-order valence-electron chi connectivity index (χ0n) is 15.3. The van der Waals surface area contributed by atoms with Gasteiger partial charge in [0, 0.05) is 56.6 Å². The van der Waals surface area contributed by atoms with Crippen molar-refractivity contribution in [2.75, 3.05) is 39.3 Å². The summed E-state index contributed by atoms with van der Waals surface area (Å²) in [5, 5.41) is 13.5. The smallest absolute Gasteiger partial charge is 0.222 e. The summed E-state index contributed by atoms with van der Waals surface area (Å²) in [4.78, 5) is 21.3. The quantitative estimate of drug-likeness (QED) is 0.864. The number of amides is 1. The number of aliphatic hydroxyl groups is 1. The van der Waals surface area contributed by atoms with E-state index >= 15 is 0 Å². The van der Waals surface area contributed by atoms with Crippen molar-refractivity contribution in [2.45, 2.75) is 33.6 Å². The van der Waals surface area contributed by atoms with Gasteiger partial charge in [-0.15, -0.1) is 0 Å². The van der Waals surface area contributed by atoms with Crippen molar-refractivity contribution >= 4 is 11.6 Å². The number of β-amino-alcohol motifs (C(OH)–C–C–N with tert-alkyl or cyclic N) is 1. The van der Waals surface area contributed by atoms with Gasteiger partial charge >= 0.3 is 0 Å². The van der Waals surface area contributed by atoms with E-state index < -0.39 is 0 Å². The molecule has 3 heterocycles. The second kappa shape index (κ2) is 7.49. The summed E-state index contributed by atoms with van der Waals surface area (Å²) in [7, 11) is 0. The first-order valence-corrected chi connectivity index (χ1v) is 8.93. The predicted octanol–water partition coefficient (Wildman–Crippen LogP) is 0.724. The van der Waals surface area contributed by atoms with E-state index in [4.69, 9.17) is 5.11 Å². The zero-order chi connectivity index (χ0) is 18.0. The molecule has 1 saturated heterocycles. The highest BCUT2D eigenvalue weighted by atomic mass is 16.3. The van der Waals surface area contributed by atoms with E-state index in [1.54, 1.807) is 0 Å². The van der Waals surface area contributed by atoms with Crippen LogP contribution in [0.4, 0.5) is 0 Å². The van der Waals surface area contributed by atoms with Crippen LogP contribution in [-0.4, -0.2) is 74.7 Å². The van der Waals surface area contributed by atoms with Gasteiger partial charge in [0.15, 0.2) is 5.65 Å². The Morgan fingerprint density at radius 2 is 1.92 bits per heavy atom. The maximum Gasteiger partial charge on any atom is 0.222 e. The number of hydrogen-bond donors (Lipinski definition) is 1. The molecule has 1 N–H and O–H groups in total. The highest BCUT2D eigenvalue weighted by Crippen LogP contribution is 2.17. The number of hydrogen-bond acceptors (Lipinski definition) is 5. The SMILES string of the molecule is Cc1cc2nc(C)c(CCC(=O)N3CCN(CCO)CC3)c(C)n2n1. The summed E-state index contributed by atoms with van der Waals surface area (Å²) >= 11 is 0. The van der Waals surface area contributed by atoms with Gasteiger partial charge in [-0.1, -0.05) is 0 Å². The van der Waals surface area contributed by atoms with Crippen LogP contribution in [0.3, 0.4) is 0 Å². The maximum atomic E-state index is 12.5. The number of rotatable bonds is 5. The largest absolute Gasteiger partial charge is 0.395 e. The molecule has 0 atom stereocenters. The molecule has 0 unspecified atom stereocenters. The highest BCUT2D eigenvalue weighted by molar-refractivity contribution is 5.76. The topological polar surface area (TPSA) is 74.0 Å². The van der Waals surface area contributed by atoms with Gasteiger partial charge < -0.3 is 10.0 Å². The molecule has 25 heavy (non-hydrogen) atoms. The Morgan fingerprint density at radius 3 is 2.60 bits per heavy atom. The van der Waals surface area contributed by atoms with Crippen LogP contribution in [0, 0.1) is 20.8 Å². The van der Waals surface area contributed by atoms with Crippen LogP contribution in [0.1, 0.15) is 29.1 Å². The Kier molecular flexibility index (Phi) is 5.34. The van der Waals surface area contributed by atoms with Crippen LogP contribution in [0.5, 0.6) is 0 Å². The Labute approximate surface area is 148 Å². The molecule has 1 amide bonds. The number of carbonyl (C=O) groups is 1. The van der Waals surface area contributed by atoms with E-state index in [-0.39, 0.29) is 12.5 Å². The molecule has 7 heteroatoms. The molecule has 136 valence electrons. The van der Waals surface area contributed by atoms with Gasteiger partial charge in [-0.25, -0.2) is 9.50 Å². The third kappa shape index (κ3) is 3.82. The first-order chi connectivity index (χ1) is 12.0. The van der Waals surface area contributed by atoms with Crippen molar-refractivity contribution in [1.82, 2.24) is 24.4 Å². The van der Waals surface area contributed by atoms with E-state index in [1.165, 1.54) is 0 Å². The fourth-order valence-electron chi connectivity index (χ4n) is 3.56. The summed E-state index contributed by atoms with van der Waals surface area (Å²) in [6.07, 6.45) is 1.18. The molecule has 2 aromatic heterocycles. The highest BCUT2D eigenvalue weighted by Gasteiger charge is 2.21. The average Bonchev–Trinajstić information content (AvgIpc) is 2.96. The molecule has 7 nitrogen and oxygen atoms in total. The van der Waals surface area contributed by atoms with Crippen molar-refractivity contribution in [3.8, 4) is 0 Å². The van der Waals surface area contributed by atoms with Crippen molar-refractivity contribution in [2.24, 2.45) is 0 Å². The van der Waals surface area contributed by atoms with Crippen molar-refractivity contribution in [3.05, 3.63) is 28.7 Å². The standard InChI is InChI=1S/C18H27N5O2/c1-13-12-17-19-14(2)16(15(3)23(17)20-13)4-5-18(25)22-8-6-21(7-9-22)10-11-24/h12,24H,4-11H2,1-3H3. The van der Waals surface area contributed by atoms with Gasteiger partial charge in [-0.3, -0.25) is 9.69 Å². The van der Waals surface area contributed by atoms with Crippen molar-refractivity contribution in [1.29, 1.82) is 0 Å². The molecular formula is C18H27N5O2. The minimum absolute atomic E-state index is 0.175. The number of nitrogens with zero attached hydrogens (tertiary/aromatic N) is 5. The van der Waals surface area contributed by atoms with Crippen LogP contribution in [0.2, 0.25) is 0 Å². The lowest BCUT2D eigenvalue weighted by molar-refractivity contribution is -0.132. The van der Waals surface area contributed by atoms with E-state index in [2.05, 4.69) is 15.0 Å². The molecular weight excluding hydrogens is 318 g/mol. The van der Waals surface area contributed by atoms with Crippen molar-refractivity contribution in [3.63, 3.8) is 0 Å². The summed E-state index contributed by atoms with van der Waals surface area (Å²) < 4.78 is 1.87. The number of aromatic nitrogens is 3. The number of piperazine rings is 1. The summed E-state index contributed by atoms with van der Waals surface area (Å²) in [5.74, 6) is 0.194. The Morgan fingerprint density at radius 1 is 1.20 bits per heavy atom. The molecule has 3 rings (SSSR count). The van der Waals surface area contributed by atoms with Gasteiger partial charge in [0.2, 0.25) is 5.91 Å². The molecule has 0 bridgehead atoms. The van der Waals surface area contributed by atoms with Gasteiger partial charge in [0.25, 0.3) is 0 Å². The normalized spacial score (nSPS) is 15.9. The number of carbonyl (C=O) groups excluding carboxylic acids is 1. The molecule has 0 aliphatic carbocycles. The van der Waals surface area contributed by atoms with Gasteiger partial charge in [0.1, 0.15) is 0 Å². The fourth-order valence-corrected chi connectivity index (χ4v) is 3.56. The van der Waals surface area contributed by atoms with Gasteiger partial charge in [0.05, 0.1) is 12.3 Å². The molecule has 0 spiro atoms. The molecule has 0 saturated carbocycles. The second-order valence-electron chi connectivity index (χ2n) is 6.76. The third-order valence-corrected chi connectivity index (χ3v) is 5.02. The molecule has 1 aliphatic heterocycles. The maximum absolute atomic E-state index is 12.5. The average molecular weight is 345 g/mol. The van der Waals surface area contributed by atoms with Crippen LogP contribution in [0.15, 0.2) is 6.07 Å². The van der Waals surface area contributed by atoms with Gasteiger partial charge in [-0.2, -0.15) is 5.10 Å². The Hall–Kier alpha value is -1.99. The lowest BCUT2D eigenvalue weighted by Gasteiger charge is -2.34. The first kappa shape index (κ1) is 17.8. The summed E-state index contributed by atoms with van der Waals surface area (Å²) in [5.41, 5.74) is 4.97. The molecule has 1 aliphatic rings. The summed E-state index contributed by atoms with van der Waals surface area (Å²) in [6.45, 7) is 10.0. The number of fused-ring (bicyclic) bond motifs is 1. The lowest BCUT2D eigenvalue weighted by Crippen LogP contribution is -2.49. The van der Waals surface area contributed by atoms with Crippen molar-refractivity contribution < 1.29 is 9.90 Å². The van der Waals surface area contributed by atoms with E-state index in [0.29, 0.717) is 19.4 Å². The van der Waals surface area contributed by atoms with E-state index in [0.717, 1.165) is 54.5 Å². The lowest BCUT2D eigenvalue weighted by atomic mass is 10.1. The monoisotopic (exact) mass is 345 g/mol. The fraction of sp³-hybridized carbons (Fsp3) is 0.611. The Balaban J connectivity index is 1.64. The summed E-state index contributed by atoms with van der Waals surface area (Å²) in [6, 6.07) is 1.97. The number of aryl methyl sites for hydroxylation is 3. The minimum atomic E-state index is 0.175. The minimum Gasteiger partial charge on any atom is -0.395 e.